The topological polar surface area (TPSA) is 124 Å². The fourth-order valence-corrected chi connectivity index (χ4v) is 6.63. The summed E-state index contributed by atoms with van der Waals surface area (Å²) in [5.41, 5.74) is 6.67. The van der Waals surface area contributed by atoms with Crippen LogP contribution in [0.1, 0.15) is 84.9 Å². The molecule has 0 bridgehead atoms. The fraction of sp³-hybridized carbons (Fsp3) is 0.366. The Kier molecular flexibility index (Phi) is 12.0. The third-order valence-corrected chi connectivity index (χ3v) is 9.17. The number of hydrogen-bond donors (Lipinski definition) is 1. The molecule has 1 N–H and O–H groups in total. The molecule has 10 nitrogen and oxygen atoms in total. The molecule has 3 aromatic carbocycles. The summed E-state index contributed by atoms with van der Waals surface area (Å²) in [6.07, 6.45) is 5.59. The van der Waals surface area contributed by atoms with Gasteiger partial charge < -0.3 is 23.7 Å². The Bertz CT molecular complexity index is 1940. The Labute approximate surface area is 298 Å². The lowest BCUT2D eigenvalue weighted by Gasteiger charge is -2.36. The number of aryl methyl sites for hydroxylation is 1. The lowest BCUT2D eigenvalue weighted by atomic mass is 9.89. The molecule has 51 heavy (non-hydrogen) atoms. The monoisotopic (exact) mass is 691 g/mol. The molecular formula is C41H45N3O7. The molecule has 0 saturated carbocycles. The number of unbranched alkanes of at least 4 members (excludes halogenated alkanes) is 1. The molecule has 6 rings (SSSR count). The van der Waals surface area contributed by atoms with E-state index in [0.717, 1.165) is 85.3 Å². The van der Waals surface area contributed by atoms with E-state index in [9.17, 15) is 14.7 Å². The number of hydrogen-bond acceptors (Lipinski definition) is 10. The molecule has 266 valence electrons. The lowest BCUT2D eigenvalue weighted by molar-refractivity contribution is -0.143. The lowest BCUT2D eigenvalue weighted by Crippen LogP contribution is -2.34. The van der Waals surface area contributed by atoms with Gasteiger partial charge in [0, 0.05) is 36.3 Å². The quantitative estimate of drug-likeness (QED) is 0.0804. The molecule has 2 aromatic heterocycles. The summed E-state index contributed by atoms with van der Waals surface area (Å²) in [6, 6.07) is 24.9. The highest BCUT2D eigenvalue weighted by atomic mass is 16.5. The summed E-state index contributed by atoms with van der Waals surface area (Å²) < 4.78 is 22.6. The molecule has 0 fully saturated rings. The number of carbonyl (C=O) groups is 2. The number of phenolic OH excluding ortho intramolecular Hbond substituents is 1. The second-order valence-corrected chi connectivity index (χ2v) is 12.7. The van der Waals surface area contributed by atoms with Crippen molar-refractivity contribution in [2.45, 2.75) is 71.4 Å². The minimum Gasteiger partial charge on any atom is -0.508 e. The zero-order valence-corrected chi connectivity index (χ0v) is 29.3. The van der Waals surface area contributed by atoms with Crippen molar-refractivity contribution in [3.05, 3.63) is 107 Å². The number of aromatic hydroxyl groups is 1. The highest BCUT2D eigenvalue weighted by Gasteiger charge is 2.28. The summed E-state index contributed by atoms with van der Waals surface area (Å²) in [5.74, 6) is 0.935. The third kappa shape index (κ3) is 9.12. The zero-order valence-electron chi connectivity index (χ0n) is 29.3. The molecule has 0 aliphatic heterocycles. The van der Waals surface area contributed by atoms with Gasteiger partial charge in [0.1, 0.15) is 29.3 Å². The van der Waals surface area contributed by atoms with E-state index >= 15 is 0 Å². The van der Waals surface area contributed by atoms with E-state index in [0.29, 0.717) is 48.9 Å². The van der Waals surface area contributed by atoms with Crippen LogP contribution in [-0.4, -0.2) is 58.2 Å². The molecule has 1 unspecified atom stereocenters. The predicted molar refractivity (Wildman–Crippen MR) is 194 cm³/mol. The van der Waals surface area contributed by atoms with E-state index in [4.69, 9.17) is 23.6 Å². The second-order valence-electron chi connectivity index (χ2n) is 12.7. The molecule has 0 spiro atoms. The van der Waals surface area contributed by atoms with Gasteiger partial charge in [-0.1, -0.05) is 36.4 Å². The number of esters is 2. The van der Waals surface area contributed by atoms with Gasteiger partial charge in [-0.3, -0.25) is 9.69 Å². The summed E-state index contributed by atoms with van der Waals surface area (Å²) >= 11 is 0. The van der Waals surface area contributed by atoms with Crippen LogP contribution in [0.2, 0.25) is 0 Å². The van der Waals surface area contributed by atoms with Crippen molar-refractivity contribution in [2.75, 3.05) is 26.3 Å². The number of aromatic nitrogens is 2. The first-order chi connectivity index (χ1) is 24.9. The van der Waals surface area contributed by atoms with Gasteiger partial charge >= 0.3 is 11.9 Å². The molecule has 5 aromatic rings. The molecule has 1 atom stereocenters. The summed E-state index contributed by atoms with van der Waals surface area (Å²) in [7, 11) is 0. The van der Waals surface area contributed by atoms with Crippen LogP contribution < -0.4 is 4.74 Å². The highest BCUT2D eigenvalue weighted by molar-refractivity contribution is 5.87. The number of ether oxygens (including phenoxy) is 3. The molecule has 0 radical (unpaired) electrons. The normalized spacial score (nSPS) is 14.0. The maximum absolute atomic E-state index is 12.4. The maximum atomic E-state index is 12.4. The van der Waals surface area contributed by atoms with Crippen molar-refractivity contribution in [2.24, 2.45) is 0 Å². The first-order valence-corrected chi connectivity index (χ1v) is 17.9. The van der Waals surface area contributed by atoms with E-state index in [1.807, 2.05) is 55.5 Å². The number of carbonyl (C=O) groups excluding carboxylic acids is 2. The van der Waals surface area contributed by atoms with Crippen LogP contribution in [0.5, 0.6) is 11.5 Å². The van der Waals surface area contributed by atoms with Gasteiger partial charge in [-0.25, -0.2) is 14.8 Å². The average molecular weight is 692 g/mol. The number of para-hydroxylation sites is 1. The standard InChI is InChI=1S/C41H45N3O7/c1-3-48-39(46)14-7-8-24-44(36-12-9-11-33-32(36)20-21-34(42-33)41(47)49-4-2)25-23-29-10-5-6-13-37(29)50-27-28-15-17-30(18-16-28)40-43-35-26-31(45)19-22-38(35)51-40/h5-6,10,13,15-22,26,36,45H,3-4,7-9,11-12,14,23-25,27H2,1-2H3. The molecular weight excluding hydrogens is 646 g/mol. The number of nitrogens with zero attached hydrogens (tertiary/aromatic N) is 3. The molecule has 0 saturated heterocycles. The Hall–Kier alpha value is -5.22. The van der Waals surface area contributed by atoms with Gasteiger partial charge in [0.25, 0.3) is 0 Å². The summed E-state index contributed by atoms with van der Waals surface area (Å²) in [4.78, 5) is 36.2. The summed E-state index contributed by atoms with van der Waals surface area (Å²) in [5, 5.41) is 9.76. The van der Waals surface area contributed by atoms with Gasteiger partial charge in [-0.2, -0.15) is 0 Å². The van der Waals surface area contributed by atoms with Gasteiger partial charge in [0.15, 0.2) is 5.58 Å². The third-order valence-electron chi connectivity index (χ3n) is 9.17. The van der Waals surface area contributed by atoms with Crippen LogP contribution in [0.25, 0.3) is 22.6 Å². The number of benzene rings is 3. The molecule has 2 heterocycles. The van der Waals surface area contributed by atoms with E-state index < -0.39 is 5.97 Å². The number of oxazole rings is 1. The Morgan fingerprint density at radius 2 is 1.75 bits per heavy atom. The van der Waals surface area contributed by atoms with Gasteiger partial charge in [0.2, 0.25) is 5.89 Å². The van der Waals surface area contributed by atoms with E-state index in [1.54, 1.807) is 31.2 Å². The number of fused-ring (bicyclic) bond motifs is 2. The van der Waals surface area contributed by atoms with E-state index in [2.05, 4.69) is 16.0 Å². The van der Waals surface area contributed by atoms with Crippen molar-refractivity contribution >= 4 is 23.0 Å². The number of phenols is 1. The zero-order chi connectivity index (χ0) is 35.6. The van der Waals surface area contributed by atoms with E-state index in [-0.39, 0.29) is 17.8 Å². The minimum absolute atomic E-state index is 0.149. The fourth-order valence-electron chi connectivity index (χ4n) is 6.63. The van der Waals surface area contributed by atoms with Crippen LogP contribution in [0.15, 0.2) is 83.3 Å². The second kappa shape index (κ2) is 17.1. The SMILES string of the molecule is CCOC(=O)CCCCN(CCc1ccccc1OCc1ccc(-c2nc3cc(O)ccc3o2)cc1)C1CCCc2nc(C(=O)OCC)ccc21. The van der Waals surface area contributed by atoms with Gasteiger partial charge in [-0.05, 0) is 112 Å². The van der Waals surface area contributed by atoms with Crippen LogP contribution in [0.3, 0.4) is 0 Å². The molecule has 10 heteroatoms. The highest BCUT2D eigenvalue weighted by Crippen LogP contribution is 2.35. The van der Waals surface area contributed by atoms with Crippen molar-refractivity contribution in [3.8, 4) is 23.0 Å². The van der Waals surface area contributed by atoms with Crippen LogP contribution in [0.4, 0.5) is 0 Å². The van der Waals surface area contributed by atoms with Crippen molar-refractivity contribution in [3.63, 3.8) is 0 Å². The molecule has 0 amide bonds. The minimum atomic E-state index is -0.393. The predicted octanol–water partition coefficient (Wildman–Crippen LogP) is 8.01. The largest absolute Gasteiger partial charge is 0.508 e. The summed E-state index contributed by atoms with van der Waals surface area (Å²) in [6.45, 7) is 6.34. The van der Waals surface area contributed by atoms with Crippen molar-refractivity contribution < 1.29 is 33.3 Å². The smallest absolute Gasteiger partial charge is 0.356 e. The first kappa shape index (κ1) is 35.6. The van der Waals surface area contributed by atoms with Crippen LogP contribution >= 0.6 is 0 Å². The van der Waals surface area contributed by atoms with Crippen LogP contribution in [-0.2, 0) is 33.7 Å². The Balaban J connectivity index is 1.13. The van der Waals surface area contributed by atoms with Crippen molar-refractivity contribution in [1.82, 2.24) is 14.9 Å². The van der Waals surface area contributed by atoms with Crippen molar-refractivity contribution in [1.29, 1.82) is 0 Å². The number of pyridine rings is 1. The van der Waals surface area contributed by atoms with Gasteiger partial charge in [-0.15, -0.1) is 0 Å². The maximum Gasteiger partial charge on any atom is 0.356 e. The van der Waals surface area contributed by atoms with E-state index in [1.165, 1.54) is 0 Å². The Morgan fingerprint density at radius 1 is 0.922 bits per heavy atom. The Morgan fingerprint density at radius 3 is 2.57 bits per heavy atom. The first-order valence-electron chi connectivity index (χ1n) is 17.9. The number of rotatable bonds is 16. The van der Waals surface area contributed by atoms with Gasteiger partial charge in [0.05, 0.1) is 13.2 Å². The average Bonchev–Trinajstić information content (AvgIpc) is 3.57. The molecule has 1 aliphatic rings. The van der Waals surface area contributed by atoms with Crippen LogP contribution in [0, 0.1) is 0 Å². The molecule has 1 aliphatic carbocycles.